The molecule has 214 valence electrons. The number of nitrogens with one attached hydrogen (secondary N) is 1. The Morgan fingerprint density at radius 2 is 0.822 bits per heavy atom. The molecule has 0 radical (unpaired) electrons. The summed E-state index contributed by atoms with van der Waals surface area (Å²) in [5.41, 5.74) is 8.64. The number of carbonyl (C=O) groups is 1. The van der Waals surface area contributed by atoms with Gasteiger partial charge in [0.05, 0.1) is 45.6 Å². The highest BCUT2D eigenvalue weighted by molar-refractivity contribution is 6.05. The summed E-state index contributed by atoms with van der Waals surface area (Å²) in [4.78, 5) is 40.9. The van der Waals surface area contributed by atoms with Gasteiger partial charge in [0.2, 0.25) is 0 Å². The third kappa shape index (κ3) is 6.21. The van der Waals surface area contributed by atoms with Crippen molar-refractivity contribution in [2.45, 2.75) is 0 Å². The van der Waals surface area contributed by atoms with Crippen molar-refractivity contribution in [3.8, 4) is 56.7 Å². The fourth-order valence-electron chi connectivity index (χ4n) is 4.90. The van der Waals surface area contributed by atoms with Crippen LogP contribution in [0.3, 0.4) is 0 Å². The standard InChI is InChI=1S/C37H25N7O/c45-37(42-28-23-35(31-11-3-7-19-40-31)44-36(24-28)32-12-4-8-20-41-32)26-15-13-25(14-16-26)27-21-33(29-9-1-5-17-38-29)43-34(22-27)30-10-2-6-18-39-30/h1-24H,(H,42,44,45). The van der Waals surface area contributed by atoms with Crippen LogP contribution in [-0.2, 0) is 0 Å². The van der Waals surface area contributed by atoms with Gasteiger partial charge in [-0.1, -0.05) is 36.4 Å². The van der Waals surface area contributed by atoms with Gasteiger partial charge in [0.1, 0.15) is 0 Å². The van der Waals surface area contributed by atoms with Crippen molar-refractivity contribution in [1.82, 2.24) is 29.9 Å². The molecule has 0 aliphatic rings. The molecular weight excluding hydrogens is 558 g/mol. The van der Waals surface area contributed by atoms with Gasteiger partial charge < -0.3 is 5.32 Å². The van der Waals surface area contributed by atoms with E-state index in [1.54, 1.807) is 24.8 Å². The first-order valence-corrected chi connectivity index (χ1v) is 14.3. The summed E-state index contributed by atoms with van der Waals surface area (Å²) in [7, 11) is 0. The largest absolute Gasteiger partial charge is 0.322 e. The summed E-state index contributed by atoms with van der Waals surface area (Å²) in [5.74, 6) is -0.246. The van der Waals surface area contributed by atoms with Crippen LogP contribution in [0, 0.1) is 0 Å². The molecule has 0 saturated heterocycles. The Bertz CT molecular complexity index is 1960. The molecule has 0 fully saturated rings. The number of hydrogen-bond donors (Lipinski definition) is 1. The lowest BCUT2D eigenvalue weighted by Gasteiger charge is -2.11. The average molecular weight is 584 g/mol. The highest BCUT2D eigenvalue weighted by Gasteiger charge is 2.14. The van der Waals surface area contributed by atoms with Crippen molar-refractivity contribution in [2.75, 3.05) is 5.32 Å². The second-order valence-electron chi connectivity index (χ2n) is 10.1. The molecule has 6 heterocycles. The number of carbonyl (C=O) groups excluding carboxylic acids is 1. The average Bonchev–Trinajstić information content (AvgIpc) is 3.13. The summed E-state index contributed by atoms with van der Waals surface area (Å²) in [5, 5.41) is 3.04. The molecule has 0 unspecified atom stereocenters. The Morgan fingerprint density at radius 3 is 1.20 bits per heavy atom. The van der Waals surface area contributed by atoms with Gasteiger partial charge >= 0.3 is 0 Å². The van der Waals surface area contributed by atoms with Crippen molar-refractivity contribution in [3.63, 3.8) is 0 Å². The normalized spacial score (nSPS) is 10.8. The molecule has 0 atom stereocenters. The Hall–Kier alpha value is -6.41. The van der Waals surface area contributed by atoms with E-state index in [0.29, 0.717) is 34.0 Å². The van der Waals surface area contributed by atoms with Crippen LogP contribution in [0.2, 0.25) is 0 Å². The lowest BCUT2D eigenvalue weighted by atomic mass is 10.0. The van der Waals surface area contributed by atoms with Crippen molar-refractivity contribution in [3.05, 3.63) is 152 Å². The van der Waals surface area contributed by atoms with Gasteiger partial charge in [-0.15, -0.1) is 0 Å². The second kappa shape index (κ2) is 12.4. The number of pyridine rings is 6. The van der Waals surface area contributed by atoms with Crippen LogP contribution < -0.4 is 5.32 Å². The Kier molecular flexibility index (Phi) is 7.58. The van der Waals surface area contributed by atoms with E-state index in [9.17, 15) is 4.79 Å². The molecule has 45 heavy (non-hydrogen) atoms. The van der Waals surface area contributed by atoms with Gasteiger partial charge in [-0.2, -0.15) is 0 Å². The maximum atomic E-state index is 13.4. The zero-order valence-electron chi connectivity index (χ0n) is 23.9. The maximum absolute atomic E-state index is 13.4. The summed E-state index contributed by atoms with van der Waals surface area (Å²) >= 11 is 0. The molecule has 1 N–H and O–H groups in total. The third-order valence-corrected chi connectivity index (χ3v) is 7.10. The molecular formula is C37H25N7O. The highest BCUT2D eigenvalue weighted by atomic mass is 16.1. The third-order valence-electron chi connectivity index (χ3n) is 7.10. The predicted octanol–water partition coefficient (Wildman–Crippen LogP) is 7.64. The molecule has 1 aromatic carbocycles. The Morgan fingerprint density at radius 1 is 0.422 bits per heavy atom. The summed E-state index contributed by atoms with van der Waals surface area (Å²) in [6.45, 7) is 0. The fraction of sp³-hybridized carbons (Fsp3) is 0. The first-order chi connectivity index (χ1) is 22.2. The number of rotatable bonds is 7. The van der Waals surface area contributed by atoms with Gasteiger partial charge in [-0.05, 0) is 96.1 Å². The maximum Gasteiger partial charge on any atom is 0.255 e. The monoisotopic (exact) mass is 583 g/mol. The molecule has 6 aromatic heterocycles. The smallest absolute Gasteiger partial charge is 0.255 e. The minimum absolute atomic E-state index is 0.246. The van der Waals surface area contributed by atoms with E-state index in [-0.39, 0.29) is 5.91 Å². The molecule has 8 nitrogen and oxygen atoms in total. The molecule has 7 aromatic rings. The highest BCUT2D eigenvalue weighted by Crippen LogP contribution is 2.30. The lowest BCUT2D eigenvalue weighted by molar-refractivity contribution is 0.102. The molecule has 0 saturated carbocycles. The zero-order chi connectivity index (χ0) is 30.4. The number of aromatic nitrogens is 6. The van der Waals surface area contributed by atoms with E-state index >= 15 is 0 Å². The number of amides is 1. The SMILES string of the molecule is O=C(Nc1cc(-c2ccccn2)nc(-c2ccccn2)c1)c1ccc(-c2cc(-c3ccccn3)nc(-c3ccccn3)c2)cc1. The van der Waals surface area contributed by atoms with Crippen LogP contribution in [0.25, 0.3) is 56.7 Å². The van der Waals surface area contributed by atoms with Crippen molar-refractivity contribution < 1.29 is 4.79 Å². The van der Waals surface area contributed by atoms with Gasteiger partial charge in [0, 0.05) is 36.0 Å². The Labute approximate surface area is 259 Å². The zero-order valence-corrected chi connectivity index (χ0v) is 23.9. The van der Waals surface area contributed by atoms with Gasteiger partial charge in [-0.3, -0.25) is 24.7 Å². The van der Waals surface area contributed by atoms with Crippen LogP contribution in [0.5, 0.6) is 0 Å². The summed E-state index contributed by atoms with van der Waals surface area (Å²) < 4.78 is 0. The van der Waals surface area contributed by atoms with Gasteiger partial charge in [0.15, 0.2) is 0 Å². The summed E-state index contributed by atoms with van der Waals surface area (Å²) in [6.07, 6.45) is 6.93. The first kappa shape index (κ1) is 27.4. The topological polar surface area (TPSA) is 106 Å². The molecule has 1 amide bonds. The van der Waals surface area contributed by atoms with E-state index in [2.05, 4.69) is 25.3 Å². The predicted molar refractivity (Wildman–Crippen MR) is 175 cm³/mol. The molecule has 0 spiro atoms. The summed E-state index contributed by atoms with van der Waals surface area (Å²) in [6, 6.07) is 37.9. The quantitative estimate of drug-likeness (QED) is 0.205. The van der Waals surface area contributed by atoms with E-state index in [1.165, 1.54) is 0 Å². The molecule has 0 aliphatic carbocycles. The van der Waals surface area contributed by atoms with Crippen molar-refractivity contribution in [1.29, 1.82) is 0 Å². The van der Waals surface area contributed by atoms with Crippen molar-refractivity contribution in [2.24, 2.45) is 0 Å². The number of anilines is 1. The van der Waals surface area contributed by atoms with Gasteiger partial charge in [-0.25, -0.2) is 9.97 Å². The number of hydrogen-bond acceptors (Lipinski definition) is 7. The van der Waals surface area contributed by atoms with E-state index in [0.717, 1.165) is 33.9 Å². The first-order valence-electron chi connectivity index (χ1n) is 14.3. The molecule has 0 bridgehead atoms. The second-order valence-corrected chi connectivity index (χ2v) is 10.1. The van der Waals surface area contributed by atoms with Crippen LogP contribution in [0.1, 0.15) is 10.4 Å². The van der Waals surface area contributed by atoms with E-state index < -0.39 is 0 Å². The molecule has 0 aliphatic heterocycles. The molecule has 7 rings (SSSR count). The minimum atomic E-state index is -0.246. The van der Waals surface area contributed by atoms with Crippen LogP contribution in [0.4, 0.5) is 5.69 Å². The van der Waals surface area contributed by atoms with Crippen LogP contribution in [-0.4, -0.2) is 35.8 Å². The van der Waals surface area contributed by atoms with Crippen LogP contribution in [0.15, 0.2) is 146 Å². The Balaban J connectivity index is 1.19. The van der Waals surface area contributed by atoms with E-state index in [1.807, 2.05) is 121 Å². The molecule has 8 heteroatoms. The number of nitrogens with zero attached hydrogens (tertiary/aromatic N) is 6. The van der Waals surface area contributed by atoms with Gasteiger partial charge in [0.25, 0.3) is 5.91 Å². The minimum Gasteiger partial charge on any atom is -0.322 e. The lowest BCUT2D eigenvalue weighted by Crippen LogP contribution is -2.12. The fourth-order valence-corrected chi connectivity index (χ4v) is 4.90. The van der Waals surface area contributed by atoms with Crippen molar-refractivity contribution >= 4 is 11.6 Å². The van der Waals surface area contributed by atoms with E-state index in [4.69, 9.17) is 9.97 Å². The van der Waals surface area contributed by atoms with Crippen LogP contribution >= 0.6 is 0 Å². The number of benzene rings is 1.